The highest BCUT2D eigenvalue weighted by Gasteiger charge is 2.34. The van der Waals surface area contributed by atoms with Crippen LogP contribution in [0.5, 0.6) is 0 Å². The molecule has 0 saturated carbocycles. The quantitative estimate of drug-likeness (QED) is 0.347. The molecule has 1 aliphatic rings. The summed E-state index contributed by atoms with van der Waals surface area (Å²) in [6, 6.07) is 8.72. The Labute approximate surface area is 169 Å². The van der Waals surface area contributed by atoms with Gasteiger partial charge in [-0.1, -0.05) is 12.1 Å². The van der Waals surface area contributed by atoms with Crippen LogP contribution in [0.15, 0.2) is 41.1 Å². The molecule has 3 aromatic rings. The number of carbonyl (C=O) groups is 3. The predicted octanol–water partition coefficient (Wildman–Crippen LogP) is 4.02. The van der Waals surface area contributed by atoms with Crippen molar-refractivity contribution >= 4 is 40.5 Å². The molecule has 0 saturated heterocycles. The number of aryl methyl sites for hydroxylation is 1. The summed E-state index contributed by atoms with van der Waals surface area (Å²) in [6.07, 6.45) is 0.381. The zero-order valence-corrected chi connectivity index (χ0v) is 16.6. The molecule has 0 spiro atoms. The Balaban J connectivity index is 1.32. The van der Waals surface area contributed by atoms with Crippen molar-refractivity contribution in [2.75, 3.05) is 13.2 Å². The summed E-state index contributed by atoms with van der Waals surface area (Å²) in [5, 5.41) is 4.73. The lowest BCUT2D eigenvalue weighted by molar-refractivity contribution is 0.0487. The second-order valence-corrected chi connectivity index (χ2v) is 8.02. The smallest absolute Gasteiger partial charge is 0.350 e. The van der Waals surface area contributed by atoms with Crippen LogP contribution in [0.25, 0.3) is 10.6 Å². The van der Waals surface area contributed by atoms with Gasteiger partial charge in [-0.05, 0) is 36.9 Å². The van der Waals surface area contributed by atoms with Crippen LogP contribution >= 0.6 is 22.7 Å². The van der Waals surface area contributed by atoms with Crippen molar-refractivity contribution in [2.45, 2.75) is 13.3 Å². The summed E-state index contributed by atoms with van der Waals surface area (Å²) in [5.41, 5.74) is 2.47. The molecule has 8 heteroatoms. The summed E-state index contributed by atoms with van der Waals surface area (Å²) in [5.74, 6) is -1.03. The molecule has 0 fully saturated rings. The molecular formula is C20H16N2O4S2. The number of fused-ring (bicyclic) bond motifs is 1. The SMILES string of the molecule is Cc1nc(-c2ccsc2)sc1C(=O)OCCCN1C(=O)c2ccccc2C1=O. The standard InChI is InChI=1S/C20H16N2O4S2/c1-12-16(28-17(21-12)13-7-10-27-11-13)20(25)26-9-4-8-22-18(23)14-5-2-3-6-15(14)19(22)24/h2-3,5-7,10-11H,4,8-9H2,1H3. The highest BCUT2D eigenvalue weighted by Crippen LogP contribution is 2.30. The Hall–Kier alpha value is -2.84. The number of thiazole rings is 1. The van der Waals surface area contributed by atoms with Crippen molar-refractivity contribution in [1.29, 1.82) is 0 Å². The average molecular weight is 412 g/mol. The van der Waals surface area contributed by atoms with Crippen molar-refractivity contribution in [1.82, 2.24) is 9.88 Å². The molecule has 0 atom stereocenters. The summed E-state index contributed by atoms with van der Waals surface area (Å²) in [7, 11) is 0. The van der Waals surface area contributed by atoms with Gasteiger partial charge in [-0.3, -0.25) is 14.5 Å². The second kappa shape index (κ2) is 7.65. The minimum absolute atomic E-state index is 0.122. The van der Waals surface area contributed by atoms with E-state index in [0.717, 1.165) is 10.6 Å². The number of nitrogens with zero attached hydrogens (tertiary/aromatic N) is 2. The van der Waals surface area contributed by atoms with E-state index >= 15 is 0 Å². The van der Waals surface area contributed by atoms with Crippen molar-refractivity contribution in [3.63, 3.8) is 0 Å². The van der Waals surface area contributed by atoms with Gasteiger partial charge in [-0.15, -0.1) is 11.3 Å². The number of hydrogen-bond acceptors (Lipinski definition) is 7. The highest BCUT2D eigenvalue weighted by atomic mass is 32.1. The van der Waals surface area contributed by atoms with Crippen LogP contribution in [0.3, 0.4) is 0 Å². The first-order valence-electron chi connectivity index (χ1n) is 8.68. The van der Waals surface area contributed by atoms with E-state index in [2.05, 4.69) is 4.98 Å². The minimum atomic E-state index is -0.432. The summed E-state index contributed by atoms with van der Waals surface area (Å²) >= 11 is 2.88. The predicted molar refractivity (Wildman–Crippen MR) is 107 cm³/mol. The number of thiophene rings is 1. The van der Waals surface area contributed by atoms with Gasteiger partial charge in [0, 0.05) is 17.5 Å². The summed E-state index contributed by atoms with van der Waals surface area (Å²) < 4.78 is 5.33. The van der Waals surface area contributed by atoms with E-state index < -0.39 is 5.97 Å². The van der Waals surface area contributed by atoms with Crippen LogP contribution in [-0.4, -0.2) is 40.8 Å². The van der Waals surface area contributed by atoms with E-state index in [-0.39, 0.29) is 25.0 Å². The molecule has 2 aromatic heterocycles. The molecule has 6 nitrogen and oxygen atoms in total. The number of rotatable bonds is 6. The van der Waals surface area contributed by atoms with Crippen molar-refractivity contribution in [3.8, 4) is 10.6 Å². The van der Waals surface area contributed by atoms with E-state index in [9.17, 15) is 14.4 Å². The number of amides is 2. The third-order valence-electron chi connectivity index (χ3n) is 4.39. The van der Waals surface area contributed by atoms with Gasteiger partial charge in [0.2, 0.25) is 0 Å². The normalized spacial score (nSPS) is 13.1. The molecule has 0 aliphatic carbocycles. The van der Waals surface area contributed by atoms with E-state index in [1.54, 1.807) is 42.5 Å². The number of imide groups is 1. The van der Waals surface area contributed by atoms with Gasteiger partial charge in [0.05, 0.1) is 23.4 Å². The lowest BCUT2D eigenvalue weighted by atomic mass is 10.1. The van der Waals surface area contributed by atoms with E-state index in [1.165, 1.54) is 16.2 Å². The van der Waals surface area contributed by atoms with Crippen LogP contribution in [0.1, 0.15) is 42.5 Å². The average Bonchev–Trinajstić information content (AvgIpc) is 3.40. The molecule has 3 heterocycles. The van der Waals surface area contributed by atoms with E-state index in [4.69, 9.17) is 4.74 Å². The van der Waals surface area contributed by atoms with Crippen molar-refractivity contribution in [3.05, 3.63) is 62.8 Å². The summed E-state index contributed by atoms with van der Waals surface area (Å²) in [6.45, 7) is 2.11. The first kappa shape index (κ1) is 18.5. The van der Waals surface area contributed by atoms with Crippen LogP contribution in [0.4, 0.5) is 0 Å². The number of benzene rings is 1. The zero-order chi connectivity index (χ0) is 19.7. The van der Waals surface area contributed by atoms with Crippen molar-refractivity contribution in [2.24, 2.45) is 0 Å². The first-order valence-corrected chi connectivity index (χ1v) is 10.4. The lowest BCUT2D eigenvalue weighted by Crippen LogP contribution is -2.31. The molecule has 0 radical (unpaired) electrons. The maximum atomic E-state index is 12.4. The Bertz CT molecular complexity index is 1020. The van der Waals surface area contributed by atoms with E-state index in [0.29, 0.717) is 28.1 Å². The Morgan fingerprint density at radius 2 is 1.86 bits per heavy atom. The summed E-state index contributed by atoms with van der Waals surface area (Å²) in [4.78, 5) is 43.1. The minimum Gasteiger partial charge on any atom is -0.461 e. The number of aromatic nitrogens is 1. The largest absolute Gasteiger partial charge is 0.461 e. The van der Waals surface area contributed by atoms with Gasteiger partial charge in [0.15, 0.2) is 0 Å². The van der Waals surface area contributed by atoms with Crippen LogP contribution in [-0.2, 0) is 4.74 Å². The van der Waals surface area contributed by atoms with Gasteiger partial charge in [-0.2, -0.15) is 11.3 Å². The fourth-order valence-corrected chi connectivity index (χ4v) is 4.66. The Morgan fingerprint density at radius 3 is 2.50 bits per heavy atom. The molecule has 1 aliphatic heterocycles. The lowest BCUT2D eigenvalue weighted by Gasteiger charge is -2.13. The molecule has 142 valence electrons. The van der Waals surface area contributed by atoms with Crippen LogP contribution < -0.4 is 0 Å². The fraction of sp³-hybridized carbons (Fsp3) is 0.200. The zero-order valence-electron chi connectivity index (χ0n) is 15.0. The van der Waals surface area contributed by atoms with Gasteiger partial charge in [0.1, 0.15) is 9.88 Å². The topological polar surface area (TPSA) is 76.6 Å². The molecule has 4 rings (SSSR count). The fourth-order valence-electron chi connectivity index (χ4n) is 2.99. The maximum absolute atomic E-state index is 12.4. The molecule has 0 unspecified atom stereocenters. The molecule has 1 aromatic carbocycles. The van der Waals surface area contributed by atoms with Gasteiger partial charge in [-0.25, -0.2) is 9.78 Å². The van der Waals surface area contributed by atoms with Gasteiger partial charge < -0.3 is 4.74 Å². The monoisotopic (exact) mass is 412 g/mol. The third kappa shape index (κ3) is 3.36. The van der Waals surface area contributed by atoms with Gasteiger partial charge in [0.25, 0.3) is 11.8 Å². The van der Waals surface area contributed by atoms with Crippen molar-refractivity contribution < 1.29 is 19.1 Å². The molecule has 28 heavy (non-hydrogen) atoms. The first-order chi connectivity index (χ1) is 13.6. The van der Waals surface area contributed by atoms with Crippen LogP contribution in [0, 0.1) is 6.92 Å². The Kier molecular flexibility index (Phi) is 5.06. The maximum Gasteiger partial charge on any atom is 0.350 e. The van der Waals surface area contributed by atoms with Gasteiger partial charge >= 0.3 is 5.97 Å². The third-order valence-corrected chi connectivity index (χ3v) is 6.26. The van der Waals surface area contributed by atoms with Crippen LogP contribution in [0.2, 0.25) is 0 Å². The molecule has 2 amide bonds. The number of esters is 1. The Morgan fingerprint density at radius 1 is 1.14 bits per heavy atom. The molecule has 0 N–H and O–H groups in total. The number of carbonyl (C=O) groups excluding carboxylic acids is 3. The second-order valence-electron chi connectivity index (χ2n) is 6.24. The molecule has 0 bridgehead atoms. The van der Waals surface area contributed by atoms with E-state index in [1.807, 2.05) is 16.8 Å². The highest BCUT2D eigenvalue weighted by molar-refractivity contribution is 7.17. The molecular weight excluding hydrogens is 396 g/mol. The number of ether oxygens (including phenoxy) is 1. The number of hydrogen-bond donors (Lipinski definition) is 0.